The van der Waals surface area contributed by atoms with Crippen LogP contribution < -0.4 is 10.1 Å². The maximum atomic E-state index is 5.48. The molecular formula is C18H29NO. The van der Waals surface area contributed by atoms with E-state index in [4.69, 9.17) is 4.74 Å². The third-order valence-electron chi connectivity index (χ3n) is 4.46. The lowest BCUT2D eigenvalue weighted by atomic mass is 9.83. The van der Waals surface area contributed by atoms with Crippen molar-refractivity contribution < 1.29 is 4.74 Å². The highest BCUT2D eigenvalue weighted by atomic mass is 16.5. The molecule has 1 aliphatic carbocycles. The van der Waals surface area contributed by atoms with E-state index < -0.39 is 0 Å². The van der Waals surface area contributed by atoms with Gasteiger partial charge in [0, 0.05) is 12.6 Å². The highest BCUT2D eigenvalue weighted by Gasteiger charge is 2.21. The number of ether oxygens (including phenoxy) is 1. The molecule has 2 rings (SSSR count). The Morgan fingerprint density at radius 2 is 1.80 bits per heavy atom. The van der Waals surface area contributed by atoms with E-state index in [0.717, 1.165) is 24.8 Å². The maximum absolute atomic E-state index is 5.48. The third kappa shape index (κ3) is 4.52. The molecule has 112 valence electrons. The van der Waals surface area contributed by atoms with Crippen LogP contribution in [-0.2, 0) is 6.54 Å². The van der Waals surface area contributed by atoms with Gasteiger partial charge in [-0.3, -0.25) is 0 Å². The molecule has 0 aliphatic heterocycles. The molecule has 0 saturated heterocycles. The van der Waals surface area contributed by atoms with Crippen LogP contribution in [0.4, 0.5) is 0 Å². The van der Waals surface area contributed by atoms with Gasteiger partial charge in [-0.25, -0.2) is 0 Å². The molecule has 0 amide bonds. The van der Waals surface area contributed by atoms with E-state index in [9.17, 15) is 0 Å². The van der Waals surface area contributed by atoms with Gasteiger partial charge in [-0.05, 0) is 49.8 Å². The summed E-state index contributed by atoms with van der Waals surface area (Å²) in [6, 6.07) is 9.17. The Morgan fingerprint density at radius 3 is 2.40 bits per heavy atom. The topological polar surface area (TPSA) is 21.3 Å². The molecule has 1 aromatic rings. The molecule has 20 heavy (non-hydrogen) atoms. The number of rotatable bonds is 7. The molecule has 0 aromatic heterocycles. The van der Waals surface area contributed by atoms with Crippen LogP contribution in [0.25, 0.3) is 0 Å². The summed E-state index contributed by atoms with van der Waals surface area (Å²) in [5.41, 5.74) is 1.35. The molecule has 1 saturated carbocycles. The van der Waals surface area contributed by atoms with Crippen molar-refractivity contribution in [2.75, 3.05) is 6.61 Å². The van der Waals surface area contributed by atoms with E-state index in [0.29, 0.717) is 6.04 Å². The van der Waals surface area contributed by atoms with Gasteiger partial charge in [0.2, 0.25) is 0 Å². The predicted molar refractivity (Wildman–Crippen MR) is 85.1 cm³/mol. The van der Waals surface area contributed by atoms with Crippen LogP contribution in [0.3, 0.4) is 0 Å². The van der Waals surface area contributed by atoms with Crippen molar-refractivity contribution in [3.8, 4) is 5.75 Å². The zero-order valence-corrected chi connectivity index (χ0v) is 13.0. The van der Waals surface area contributed by atoms with Gasteiger partial charge in [0.15, 0.2) is 0 Å². The molecule has 0 spiro atoms. The molecule has 2 heteroatoms. The van der Waals surface area contributed by atoms with Gasteiger partial charge in [0.1, 0.15) is 5.75 Å². The van der Waals surface area contributed by atoms with Crippen LogP contribution in [0.15, 0.2) is 24.3 Å². The van der Waals surface area contributed by atoms with Crippen LogP contribution >= 0.6 is 0 Å². The minimum Gasteiger partial charge on any atom is -0.494 e. The number of nitrogens with one attached hydrogen (secondary N) is 1. The summed E-state index contributed by atoms with van der Waals surface area (Å²) >= 11 is 0. The van der Waals surface area contributed by atoms with Crippen molar-refractivity contribution >= 4 is 0 Å². The third-order valence-corrected chi connectivity index (χ3v) is 4.46. The molecule has 1 atom stereocenters. The van der Waals surface area contributed by atoms with Crippen molar-refractivity contribution in [2.45, 2.75) is 65.0 Å². The minimum absolute atomic E-state index is 0.682. The Labute approximate surface area is 123 Å². The van der Waals surface area contributed by atoms with Gasteiger partial charge < -0.3 is 10.1 Å². The summed E-state index contributed by atoms with van der Waals surface area (Å²) in [6.07, 6.45) is 8.34. The molecule has 1 aromatic carbocycles. The molecule has 0 bridgehead atoms. The predicted octanol–water partition coefficient (Wildman–Crippen LogP) is 4.53. The lowest BCUT2D eigenvalue weighted by Crippen LogP contribution is -2.36. The van der Waals surface area contributed by atoms with Crippen molar-refractivity contribution in [3.05, 3.63) is 29.8 Å². The van der Waals surface area contributed by atoms with Crippen LogP contribution in [0.2, 0.25) is 0 Å². The number of hydrogen-bond acceptors (Lipinski definition) is 2. The summed E-state index contributed by atoms with van der Waals surface area (Å²) in [7, 11) is 0. The second kappa shape index (κ2) is 8.31. The Kier molecular flexibility index (Phi) is 6.38. The zero-order valence-electron chi connectivity index (χ0n) is 13.0. The summed E-state index contributed by atoms with van der Waals surface area (Å²) in [4.78, 5) is 0. The van der Waals surface area contributed by atoms with E-state index >= 15 is 0 Å². The molecule has 0 radical (unpaired) electrons. The minimum atomic E-state index is 0.682. The van der Waals surface area contributed by atoms with Gasteiger partial charge in [-0.15, -0.1) is 0 Å². The standard InChI is InChI=1S/C18H29NO/c1-3-18(16-8-6-5-7-9-16)19-14-15-10-12-17(13-11-15)20-4-2/h10-13,16,18-19H,3-9,14H2,1-2H3. The van der Waals surface area contributed by atoms with Crippen molar-refractivity contribution in [1.82, 2.24) is 5.32 Å². The van der Waals surface area contributed by atoms with Crippen molar-refractivity contribution in [1.29, 1.82) is 0 Å². The van der Waals surface area contributed by atoms with Crippen molar-refractivity contribution in [2.24, 2.45) is 5.92 Å². The van der Waals surface area contributed by atoms with Crippen LogP contribution in [0.1, 0.15) is 57.9 Å². The fraction of sp³-hybridized carbons (Fsp3) is 0.667. The van der Waals surface area contributed by atoms with E-state index in [1.54, 1.807) is 0 Å². The van der Waals surface area contributed by atoms with Crippen molar-refractivity contribution in [3.63, 3.8) is 0 Å². The Morgan fingerprint density at radius 1 is 1.10 bits per heavy atom. The first-order valence-corrected chi connectivity index (χ1v) is 8.28. The summed E-state index contributed by atoms with van der Waals surface area (Å²) in [6.45, 7) is 6.04. The maximum Gasteiger partial charge on any atom is 0.119 e. The van der Waals surface area contributed by atoms with Gasteiger partial charge in [-0.1, -0.05) is 38.3 Å². The van der Waals surface area contributed by atoms with E-state index in [2.05, 4.69) is 36.5 Å². The average Bonchev–Trinajstić information content (AvgIpc) is 2.51. The first-order chi connectivity index (χ1) is 9.83. The molecule has 0 heterocycles. The summed E-state index contributed by atoms with van der Waals surface area (Å²) in [5.74, 6) is 1.85. The van der Waals surface area contributed by atoms with Crippen LogP contribution in [0.5, 0.6) is 5.75 Å². The molecule has 1 N–H and O–H groups in total. The van der Waals surface area contributed by atoms with E-state index in [-0.39, 0.29) is 0 Å². The second-order valence-corrected chi connectivity index (χ2v) is 5.87. The van der Waals surface area contributed by atoms with Crippen LogP contribution in [-0.4, -0.2) is 12.6 Å². The van der Waals surface area contributed by atoms with Gasteiger partial charge in [0.05, 0.1) is 6.61 Å². The quantitative estimate of drug-likeness (QED) is 0.789. The summed E-state index contributed by atoms with van der Waals surface area (Å²) in [5, 5.41) is 3.77. The molecular weight excluding hydrogens is 246 g/mol. The molecule has 1 aliphatic rings. The van der Waals surface area contributed by atoms with Crippen LogP contribution in [0, 0.1) is 5.92 Å². The Bertz CT molecular complexity index is 368. The second-order valence-electron chi connectivity index (χ2n) is 5.87. The molecule has 2 nitrogen and oxygen atoms in total. The summed E-state index contributed by atoms with van der Waals surface area (Å²) < 4.78 is 5.48. The number of hydrogen-bond donors (Lipinski definition) is 1. The first kappa shape index (κ1) is 15.4. The normalized spacial score (nSPS) is 17.9. The lowest BCUT2D eigenvalue weighted by Gasteiger charge is -2.30. The Balaban J connectivity index is 1.82. The van der Waals surface area contributed by atoms with E-state index in [1.165, 1.54) is 44.1 Å². The van der Waals surface area contributed by atoms with E-state index in [1.807, 2.05) is 6.92 Å². The monoisotopic (exact) mass is 275 g/mol. The molecule has 1 unspecified atom stereocenters. The highest BCUT2D eigenvalue weighted by molar-refractivity contribution is 5.27. The first-order valence-electron chi connectivity index (χ1n) is 8.28. The Hall–Kier alpha value is -1.02. The zero-order chi connectivity index (χ0) is 14.2. The van der Waals surface area contributed by atoms with Gasteiger partial charge >= 0.3 is 0 Å². The van der Waals surface area contributed by atoms with Gasteiger partial charge in [0.25, 0.3) is 0 Å². The largest absolute Gasteiger partial charge is 0.494 e. The SMILES string of the molecule is CCOc1ccc(CNC(CC)C2CCCCC2)cc1. The fourth-order valence-electron chi connectivity index (χ4n) is 3.30. The average molecular weight is 275 g/mol. The van der Waals surface area contributed by atoms with Gasteiger partial charge in [-0.2, -0.15) is 0 Å². The molecule has 1 fully saturated rings. The lowest BCUT2D eigenvalue weighted by molar-refractivity contribution is 0.261. The fourth-order valence-corrected chi connectivity index (χ4v) is 3.30. The highest BCUT2D eigenvalue weighted by Crippen LogP contribution is 2.27. The smallest absolute Gasteiger partial charge is 0.119 e. The number of benzene rings is 1.